The molecule has 1 aromatic carbocycles. The molecular formula is C18H19N7O. The highest BCUT2D eigenvalue weighted by atomic mass is 16.1. The van der Waals surface area contributed by atoms with Crippen molar-refractivity contribution in [3.05, 3.63) is 60.7 Å². The van der Waals surface area contributed by atoms with Crippen molar-refractivity contribution in [1.82, 2.24) is 15.0 Å². The van der Waals surface area contributed by atoms with Crippen LogP contribution in [0.15, 0.2) is 55.1 Å². The Morgan fingerprint density at radius 2 is 1.81 bits per heavy atom. The number of amides is 1. The van der Waals surface area contributed by atoms with Crippen LogP contribution in [0.5, 0.6) is 0 Å². The number of aromatic nitrogens is 3. The molecule has 0 spiro atoms. The SMILES string of the molecule is CC(=O)Nc1ccc(Nc2ncnc(NCc3cccnc3)c2N)cc1. The molecule has 2 heterocycles. The van der Waals surface area contributed by atoms with Crippen molar-refractivity contribution in [1.29, 1.82) is 0 Å². The van der Waals surface area contributed by atoms with Crippen molar-refractivity contribution >= 4 is 34.6 Å². The summed E-state index contributed by atoms with van der Waals surface area (Å²) in [6.07, 6.45) is 4.94. The number of hydrogen-bond donors (Lipinski definition) is 4. The zero-order valence-electron chi connectivity index (χ0n) is 14.2. The van der Waals surface area contributed by atoms with Gasteiger partial charge in [-0.1, -0.05) is 6.07 Å². The number of nitrogens with two attached hydrogens (primary N) is 1. The number of rotatable bonds is 6. The van der Waals surface area contributed by atoms with Crippen LogP contribution in [0.1, 0.15) is 12.5 Å². The van der Waals surface area contributed by atoms with Gasteiger partial charge in [-0.3, -0.25) is 9.78 Å². The smallest absolute Gasteiger partial charge is 0.221 e. The molecule has 132 valence electrons. The van der Waals surface area contributed by atoms with Gasteiger partial charge in [-0.05, 0) is 35.9 Å². The lowest BCUT2D eigenvalue weighted by Crippen LogP contribution is -2.08. The normalized spacial score (nSPS) is 10.2. The summed E-state index contributed by atoms with van der Waals surface area (Å²) in [5, 5.41) is 9.05. The van der Waals surface area contributed by atoms with Crippen molar-refractivity contribution in [2.75, 3.05) is 21.7 Å². The lowest BCUT2D eigenvalue weighted by molar-refractivity contribution is -0.114. The maximum atomic E-state index is 11.1. The molecule has 8 nitrogen and oxygen atoms in total. The molecule has 0 unspecified atom stereocenters. The predicted octanol–water partition coefficient (Wildman–Crippen LogP) is 2.77. The Hall–Kier alpha value is -3.68. The molecule has 0 atom stereocenters. The highest BCUT2D eigenvalue weighted by Crippen LogP contribution is 2.26. The van der Waals surface area contributed by atoms with E-state index in [-0.39, 0.29) is 5.91 Å². The summed E-state index contributed by atoms with van der Waals surface area (Å²) in [7, 11) is 0. The molecule has 3 aromatic rings. The van der Waals surface area contributed by atoms with E-state index in [1.54, 1.807) is 24.5 Å². The van der Waals surface area contributed by atoms with E-state index in [2.05, 4.69) is 30.9 Å². The lowest BCUT2D eigenvalue weighted by atomic mass is 10.2. The van der Waals surface area contributed by atoms with Crippen LogP contribution in [0.4, 0.5) is 28.7 Å². The third-order valence-corrected chi connectivity index (χ3v) is 3.53. The maximum Gasteiger partial charge on any atom is 0.221 e. The van der Waals surface area contributed by atoms with Gasteiger partial charge >= 0.3 is 0 Å². The zero-order chi connectivity index (χ0) is 18.4. The Balaban J connectivity index is 1.69. The van der Waals surface area contributed by atoms with Crippen molar-refractivity contribution in [3.63, 3.8) is 0 Å². The quantitative estimate of drug-likeness (QED) is 0.540. The summed E-state index contributed by atoms with van der Waals surface area (Å²) in [6, 6.07) is 11.1. The minimum atomic E-state index is -0.116. The number of pyridine rings is 1. The minimum absolute atomic E-state index is 0.116. The molecule has 0 aliphatic carbocycles. The van der Waals surface area contributed by atoms with Gasteiger partial charge in [0.15, 0.2) is 11.6 Å². The molecule has 26 heavy (non-hydrogen) atoms. The second kappa shape index (κ2) is 7.93. The largest absolute Gasteiger partial charge is 0.393 e. The van der Waals surface area contributed by atoms with Gasteiger partial charge in [0, 0.05) is 37.2 Å². The molecule has 0 bridgehead atoms. The maximum absolute atomic E-state index is 11.1. The van der Waals surface area contributed by atoms with Gasteiger partial charge in [0.1, 0.15) is 12.0 Å². The number of nitrogen functional groups attached to an aromatic ring is 1. The van der Waals surface area contributed by atoms with Crippen LogP contribution in [0.3, 0.4) is 0 Å². The van der Waals surface area contributed by atoms with Crippen LogP contribution in [-0.4, -0.2) is 20.9 Å². The summed E-state index contributed by atoms with van der Waals surface area (Å²) in [6.45, 7) is 2.02. The Kier molecular flexibility index (Phi) is 5.23. The van der Waals surface area contributed by atoms with Crippen LogP contribution in [0.25, 0.3) is 0 Å². The molecular weight excluding hydrogens is 330 g/mol. The molecule has 2 aromatic heterocycles. The van der Waals surface area contributed by atoms with E-state index in [0.29, 0.717) is 23.9 Å². The molecule has 0 aliphatic heterocycles. The van der Waals surface area contributed by atoms with Crippen molar-refractivity contribution in [2.24, 2.45) is 0 Å². The highest BCUT2D eigenvalue weighted by Gasteiger charge is 2.08. The minimum Gasteiger partial charge on any atom is -0.393 e. The number of hydrogen-bond acceptors (Lipinski definition) is 7. The van der Waals surface area contributed by atoms with E-state index >= 15 is 0 Å². The van der Waals surface area contributed by atoms with Gasteiger partial charge in [-0.25, -0.2) is 9.97 Å². The fraction of sp³-hybridized carbons (Fsp3) is 0.111. The van der Waals surface area contributed by atoms with Crippen LogP contribution < -0.4 is 21.7 Å². The number of nitrogens with zero attached hydrogens (tertiary/aromatic N) is 3. The van der Waals surface area contributed by atoms with E-state index in [0.717, 1.165) is 16.9 Å². The Morgan fingerprint density at radius 3 is 2.50 bits per heavy atom. The summed E-state index contributed by atoms with van der Waals surface area (Å²) in [5.74, 6) is 0.928. The van der Waals surface area contributed by atoms with Crippen LogP contribution in [0, 0.1) is 0 Å². The molecule has 1 amide bonds. The standard InChI is InChI=1S/C18H19N7O/c1-12(26)24-14-4-6-15(7-5-14)25-18-16(19)17(22-11-23-18)21-10-13-3-2-8-20-9-13/h2-9,11H,10,19H2,1H3,(H,24,26)(H2,21,22,23,25). The lowest BCUT2D eigenvalue weighted by Gasteiger charge is -2.13. The zero-order valence-corrected chi connectivity index (χ0v) is 14.2. The number of carbonyl (C=O) groups is 1. The molecule has 0 aliphatic rings. The fourth-order valence-corrected chi connectivity index (χ4v) is 2.30. The fourth-order valence-electron chi connectivity index (χ4n) is 2.30. The second-order valence-electron chi connectivity index (χ2n) is 5.58. The summed E-state index contributed by atoms with van der Waals surface area (Å²) in [4.78, 5) is 23.5. The number of anilines is 5. The van der Waals surface area contributed by atoms with Gasteiger partial charge in [0.2, 0.25) is 5.91 Å². The van der Waals surface area contributed by atoms with Crippen LogP contribution in [0.2, 0.25) is 0 Å². The van der Waals surface area contributed by atoms with Gasteiger partial charge in [0.25, 0.3) is 0 Å². The Morgan fingerprint density at radius 1 is 1.08 bits per heavy atom. The average Bonchev–Trinajstić information content (AvgIpc) is 2.64. The number of benzene rings is 1. The molecule has 0 radical (unpaired) electrons. The average molecular weight is 349 g/mol. The highest BCUT2D eigenvalue weighted by molar-refractivity contribution is 5.89. The Labute approximate surface area is 150 Å². The first-order valence-corrected chi connectivity index (χ1v) is 8.00. The second-order valence-corrected chi connectivity index (χ2v) is 5.58. The van der Waals surface area contributed by atoms with Gasteiger partial charge in [-0.15, -0.1) is 0 Å². The third-order valence-electron chi connectivity index (χ3n) is 3.53. The monoisotopic (exact) mass is 349 g/mol. The third kappa shape index (κ3) is 4.44. The van der Waals surface area contributed by atoms with Gasteiger partial charge in [-0.2, -0.15) is 0 Å². The first-order valence-electron chi connectivity index (χ1n) is 8.00. The topological polar surface area (TPSA) is 118 Å². The van der Waals surface area contributed by atoms with E-state index in [9.17, 15) is 4.79 Å². The van der Waals surface area contributed by atoms with Crippen molar-refractivity contribution < 1.29 is 4.79 Å². The van der Waals surface area contributed by atoms with E-state index in [1.165, 1.54) is 13.3 Å². The van der Waals surface area contributed by atoms with Gasteiger partial charge in [0.05, 0.1) is 0 Å². The van der Waals surface area contributed by atoms with Crippen LogP contribution >= 0.6 is 0 Å². The molecule has 0 saturated carbocycles. The van der Waals surface area contributed by atoms with Crippen LogP contribution in [-0.2, 0) is 11.3 Å². The molecule has 8 heteroatoms. The first-order chi connectivity index (χ1) is 12.6. The van der Waals surface area contributed by atoms with Gasteiger partial charge < -0.3 is 21.7 Å². The predicted molar refractivity (Wildman–Crippen MR) is 102 cm³/mol. The number of nitrogens with one attached hydrogen (secondary N) is 3. The molecule has 0 fully saturated rings. The first kappa shape index (κ1) is 17.2. The van der Waals surface area contributed by atoms with E-state index in [4.69, 9.17) is 5.73 Å². The van der Waals surface area contributed by atoms with E-state index in [1.807, 2.05) is 24.3 Å². The summed E-state index contributed by atoms with van der Waals surface area (Å²) in [5.41, 5.74) is 9.12. The molecule has 3 rings (SSSR count). The summed E-state index contributed by atoms with van der Waals surface area (Å²) >= 11 is 0. The molecule has 5 N–H and O–H groups in total. The summed E-state index contributed by atoms with van der Waals surface area (Å²) < 4.78 is 0. The van der Waals surface area contributed by atoms with Crippen molar-refractivity contribution in [3.8, 4) is 0 Å². The number of carbonyl (C=O) groups excluding carboxylic acids is 1. The van der Waals surface area contributed by atoms with E-state index < -0.39 is 0 Å². The Bertz CT molecular complexity index is 882. The molecule has 0 saturated heterocycles. The van der Waals surface area contributed by atoms with Crippen molar-refractivity contribution in [2.45, 2.75) is 13.5 Å².